The maximum absolute atomic E-state index is 12.3. The van der Waals surface area contributed by atoms with Crippen LogP contribution in [0, 0.1) is 0 Å². The smallest absolute Gasteiger partial charge is 0.330 e. The summed E-state index contributed by atoms with van der Waals surface area (Å²) in [7, 11) is 0. The van der Waals surface area contributed by atoms with E-state index in [-0.39, 0.29) is 11.8 Å². The third-order valence-electron chi connectivity index (χ3n) is 3.74. The number of hydrogen-bond donors (Lipinski definition) is 2. The highest BCUT2D eigenvalue weighted by atomic mass is 32.2. The second kappa shape index (κ2) is 5.94. The summed E-state index contributed by atoms with van der Waals surface area (Å²) < 4.78 is 5.54. The molecule has 0 aliphatic carbocycles. The van der Waals surface area contributed by atoms with Crippen molar-refractivity contribution in [2.24, 2.45) is 0 Å². The van der Waals surface area contributed by atoms with E-state index < -0.39 is 17.4 Å². The van der Waals surface area contributed by atoms with Crippen LogP contribution < -0.4 is 5.32 Å². The topological polar surface area (TPSA) is 88.5 Å². The monoisotopic (exact) mass is 328 g/mol. The Labute approximate surface area is 130 Å². The molecule has 2 fully saturated rings. The van der Waals surface area contributed by atoms with E-state index in [1.165, 1.54) is 23.1 Å². The molecule has 0 radical (unpaired) electrons. The molecule has 6 nitrogen and oxygen atoms in total. The molecule has 3 rings (SSSR count). The first-order valence-electron chi connectivity index (χ1n) is 6.81. The van der Waals surface area contributed by atoms with E-state index in [9.17, 15) is 14.7 Å². The van der Waals surface area contributed by atoms with Crippen molar-refractivity contribution in [1.29, 1.82) is 0 Å². The number of ether oxygens (including phenoxy) is 1. The highest BCUT2D eigenvalue weighted by molar-refractivity contribution is 7.99. The minimum absolute atomic E-state index is 0.0213. The summed E-state index contributed by atoms with van der Waals surface area (Å²) in [5, 5.41) is 14.5. The van der Waals surface area contributed by atoms with E-state index in [1.54, 1.807) is 5.38 Å². The summed E-state index contributed by atoms with van der Waals surface area (Å²) in [4.78, 5) is 28.0. The molecule has 2 unspecified atom stereocenters. The Kier molecular flexibility index (Phi) is 4.19. The average molecular weight is 328 g/mol. The van der Waals surface area contributed by atoms with Gasteiger partial charge in [0.05, 0.1) is 0 Å². The van der Waals surface area contributed by atoms with Gasteiger partial charge >= 0.3 is 5.97 Å². The van der Waals surface area contributed by atoms with Gasteiger partial charge in [-0.1, -0.05) is 0 Å². The summed E-state index contributed by atoms with van der Waals surface area (Å²) in [5.41, 5.74) is -0.877. The van der Waals surface area contributed by atoms with Gasteiger partial charge in [0.2, 0.25) is 0 Å². The summed E-state index contributed by atoms with van der Waals surface area (Å²) in [6.07, 6.45) is 2.35. The van der Waals surface area contributed by atoms with E-state index in [0.717, 1.165) is 30.2 Å². The molecule has 3 heterocycles. The predicted octanol–water partition coefficient (Wildman–Crippen LogP) is 1.68. The van der Waals surface area contributed by atoms with Crippen molar-refractivity contribution in [3.63, 3.8) is 0 Å². The molecule has 0 aromatic carbocycles. The van der Waals surface area contributed by atoms with Crippen LogP contribution >= 0.6 is 23.1 Å². The van der Waals surface area contributed by atoms with Gasteiger partial charge in [-0.2, -0.15) is 11.8 Å². The molecule has 2 atom stereocenters. The van der Waals surface area contributed by atoms with Gasteiger partial charge in [0, 0.05) is 17.7 Å². The Morgan fingerprint density at radius 1 is 1.52 bits per heavy atom. The average Bonchev–Trinajstić information content (AvgIpc) is 3.20. The summed E-state index contributed by atoms with van der Waals surface area (Å²) in [6.45, 7) is 0.727. The van der Waals surface area contributed by atoms with Crippen LogP contribution in [0.15, 0.2) is 5.38 Å². The number of aliphatic carboxylic acids is 1. The zero-order valence-electron chi connectivity index (χ0n) is 11.3. The minimum Gasteiger partial charge on any atom is -0.479 e. The van der Waals surface area contributed by atoms with Crippen LogP contribution in [-0.4, -0.2) is 45.6 Å². The number of carboxylic acids is 1. The zero-order chi connectivity index (χ0) is 14.9. The lowest BCUT2D eigenvalue weighted by molar-refractivity contribution is -0.143. The first-order valence-corrected chi connectivity index (χ1v) is 8.85. The molecule has 1 aromatic rings. The SMILES string of the molecule is O=C(NC1(C(=O)O)CCSC1)c1csc(C2CCCO2)n1. The van der Waals surface area contributed by atoms with Crippen LogP contribution in [0.4, 0.5) is 0 Å². The standard InChI is InChI=1S/C13H16N2O4S2/c16-10(15-13(12(17)18)3-5-20-7-13)8-6-21-11(14-8)9-2-1-4-19-9/h6,9H,1-5,7H2,(H,15,16)(H,17,18). The molecule has 1 aromatic heterocycles. The van der Waals surface area contributed by atoms with Crippen LogP contribution in [0.3, 0.4) is 0 Å². The van der Waals surface area contributed by atoms with Crippen LogP contribution in [0.25, 0.3) is 0 Å². The normalized spacial score (nSPS) is 28.7. The lowest BCUT2D eigenvalue weighted by Crippen LogP contribution is -2.54. The number of carboxylic acid groups (broad SMARTS) is 1. The molecule has 114 valence electrons. The quantitative estimate of drug-likeness (QED) is 0.874. The molecule has 2 aliphatic rings. The number of thiazole rings is 1. The van der Waals surface area contributed by atoms with Crippen molar-refractivity contribution >= 4 is 35.0 Å². The first-order chi connectivity index (χ1) is 10.1. The Morgan fingerprint density at radius 2 is 2.38 bits per heavy atom. The molecule has 2 N–H and O–H groups in total. The van der Waals surface area contributed by atoms with Gasteiger partial charge < -0.3 is 15.2 Å². The number of amides is 1. The van der Waals surface area contributed by atoms with Crippen molar-refractivity contribution in [3.05, 3.63) is 16.1 Å². The summed E-state index contributed by atoms with van der Waals surface area (Å²) in [5.74, 6) is -0.252. The Morgan fingerprint density at radius 3 is 3.00 bits per heavy atom. The molecule has 2 aliphatic heterocycles. The third kappa shape index (κ3) is 2.93. The van der Waals surface area contributed by atoms with Gasteiger partial charge in [0.25, 0.3) is 5.91 Å². The van der Waals surface area contributed by atoms with Gasteiger partial charge in [0.1, 0.15) is 22.3 Å². The van der Waals surface area contributed by atoms with Gasteiger partial charge in [-0.25, -0.2) is 9.78 Å². The minimum atomic E-state index is -1.16. The van der Waals surface area contributed by atoms with Crippen LogP contribution in [0.2, 0.25) is 0 Å². The van der Waals surface area contributed by atoms with E-state index in [0.29, 0.717) is 12.2 Å². The number of nitrogens with one attached hydrogen (secondary N) is 1. The van der Waals surface area contributed by atoms with Gasteiger partial charge in [-0.05, 0) is 25.0 Å². The lowest BCUT2D eigenvalue weighted by Gasteiger charge is -2.23. The number of hydrogen-bond acceptors (Lipinski definition) is 6. The molecule has 1 amide bonds. The molecule has 8 heteroatoms. The van der Waals surface area contributed by atoms with Gasteiger partial charge in [0.15, 0.2) is 0 Å². The molecule has 0 spiro atoms. The number of thioether (sulfide) groups is 1. The predicted molar refractivity (Wildman–Crippen MR) is 79.8 cm³/mol. The van der Waals surface area contributed by atoms with Crippen molar-refractivity contribution < 1.29 is 19.4 Å². The van der Waals surface area contributed by atoms with E-state index in [2.05, 4.69) is 10.3 Å². The molecular formula is C13H16N2O4S2. The Bertz CT molecular complexity index is 548. The van der Waals surface area contributed by atoms with Crippen molar-refractivity contribution in [1.82, 2.24) is 10.3 Å². The molecule has 0 bridgehead atoms. The molecule has 2 saturated heterocycles. The number of aromatic nitrogens is 1. The maximum atomic E-state index is 12.3. The first kappa shape index (κ1) is 14.8. The largest absolute Gasteiger partial charge is 0.479 e. The van der Waals surface area contributed by atoms with Crippen molar-refractivity contribution in [2.45, 2.75) is 30.9 Å². The Balaban J connectivity index is 1.71. The summed E-state index contributed by atoms with van der Waals surface area (Å²) in [6, 6.07) is 0. The number of rotatable bonds is 4. The second-order valence-corrected chi connectivity index (χ2v) is 7.21. The Hall–Kier alpha value is -1.12. The van der Waals surface area contributed by atoms with E-state index in [4.69, 9.17) is 4.74 Å². The fourth-order valence-electron chi connectivity index (χ4n) is 2.48. The molecular weight excluding hydrogens is 312 g/mol. The highest BCUT2D eigenvalue weighted by Crippen LogP contribution is 2.31. The number of carbonyl (C=O) groups is 2. The van der Waals surface area contributed by atoms with Crippen molar-refractivity contribution in [2.75, 3.05) is 18.1 Å². The highest BCUT2D eigenvalue weighted by Gasteiger charge is 2.43. The van der Waals surface area contributed by atoms with Crippen LogP contribution in [0.5, 0.6) is 0 Å². The zero-order valence-corrected chi connectivity index (χ0v) is 13.0. The number of nitrogens with zero attached hydrogens (tertiary/aromatic N) is 1. The van der Waals surface area contributed by atoms with Crippen molar-refractivity contribution in [3.8, 4) is 0 Å². The van der Waals surface area contributed by atoms with E-state index >= 15 is 0 Å². The maximum Gasteiger partial charge on any atom is 0.330 e. The number of carbonyl (C=O) groups excluding carboxylic acids is 1. The third-order valence-corrected chi connectivity index (χ3v) is 5.87. The van der Waals surface area contributed by atoms with Crippen LogP contribution in [-0.2, 0) is 9.53 Å². The fourth-order valence-corrected chi connectivity index (χ4v) is 4.69. The second-order valence-electron chi connectivity index (χ2n) is 5.22. The van der Waals surface area contributed by atoms with Crippen LogP contribution in [0.1, 0.15) is 40.9 Å². The summed E-state index contributed by atoms with van der Waals surface area (Å²) >= 11 is 2.93. The fraction of sp³-hybridized carbons (Fsp3) is 0.615. The van der Waals surface area contributed by atoms with E-state index in [1.807, 2.05) is 0 Å². The van der Waals surface area contributed by atoms with Gasteiger partial charge in [-0.3, -0.25) is 4.79 Å². The molecule has 21 heavy (non-hydrogen) atoms. The lowest BCUT2D eigenvalue weighted by atomic mass is 9.99. The molecule has 0 saturated carbocycles. The van der Waals surface area contributed by atoms with Gasteiger partial charge in [-0.15, -0.1) is 11.3 Å².